The number of carbonyl (C=O) groups is 1. The van der Waals surface area contributed by atoms with E-state index in [4.69, 9.17) is 5.11 Å². The first kappa shape index (κ1) is 22.6. The van der Waals surface area contributed by atoms with E-state index in [2.05, 4.69) is 29.6 Å². The van der Waals surface area contributed by atoms with Crippen molar-refractivity contribution in [2.45, 2.75) is 19.4 Å². The van der Waals surface area contributed by atoms with Crippen molar-refractivity contribution in [3.63, 3.8) is 0 Å². The van der Waals surface area contributed by atoms with Gasteiger partial charge in [0.1, 0.15) is 0 Å². The zero-order valence-corrected chi connectivity index (χ0v) is 17.2. The molecular weight excluding hydrogens is 386 g/mol. The van der Waals surface area contributed by atoms with Crippen molar-refractivity contribution in [1.29, 1.82) is 0 Å². The quantitative estimate of drug-likeness (QED) is 0.472. The second-order valence-electron chi connectivity index (χ2n) is 6.91. The first-order valence-electron chi connectivity index (χ1n) is 9.41. The van der Waals surface area contributed by atoms with Gasteiger partial charge in [-0.3, -0.25) is 0 Å². The highest BCUT2D eigenvalue weighted by atomic mass is 35.5. The third-order valence-corrected chi connectivity index (χ3v) is 4.85. The lowest BCUT2D eigenvalue weighted by atomic mass is 9.97. The molecule has 3 aromatic rings. The maximum absolute atomic E-state index is 11.1. The lowest BCUT2D eigenvalue weighted by molar-refractivity contribution is 0.0697. The summed E-state index contributed by atoms with van der Waals surface area (Å²) in [7, 11) is 0. The van der Waals surface area contributed by atoms with Gasteiger partial charge in [0, 0.05) is 6.54 Å². The van der Waals surface area contributed by atoms with Gasteiger partial charge in [-0.1, -0.05) is 60.7 Å². The SMILES string of the molecule is Cc1cc(C(=O)O)ccc1-c1ccc(CCNC[C@H](O)c2ccccc2)cc1.Cl. The Balaban J connectivity index is 0.00000300. The molecule has 0 bridgehead atoms. The molecule has 0 radical (unpaired) electrons. The Labute approximate surface area is 177 Å². The molecule has 0 saturated carbocycles. The minimum absolute atomic E-state index is 0. The minimum atomic E-state index is -0.908. The summed E-state index contributed by atoms with van der Waals surface area (Å²) in [6.45, 7) is 3.24. The van der Waals surface area contributed by atoms with E-state index < -0.39 is 12.1 Å². The predicted molar refractivity (Wildman–Crippen MR) is 119 cm³/mol. The number of carboxylic acids is 1. The predicted octanol–water partition coefficient (Wildman–Crippen LogP) is 4.65. The maximum Gasteiger partial charge on any atom is 0.335 e. The summed E-state index contributed by atoms with van der Waals surface area (Å²) in [5, 5.41) is 22.5. The number of hydrogen-bond acceptors (Lipinski definition) is 3. The summed E-state index contributed by atoms with van der Waals surface area (Å²) in [6, 6.07) is 23.2. The monoisotopic (exact) mass is 411 g/mol. The van der Waals surface area contributed by atoms with E-state index >= 15 is 0 Å². The zero-order chi connectivity index (χ0) is 19.9. The fraction of sp³-hybridized carbons (Fsp3) is 0.208. The Hall–Kier alpha value is -2.66. The lowest BCUT2D eigenvalue weighted by Gasteiger charge is -2.12. The normalized spacial score (nSPS) is 11.5. The molecule has 0 aliphatic rings. The number of halogens is 1. The highest BCUT2D eigenvalue weighted by Gasteiger charge is 2.08. The van der Waals surface area contributed by atoms with Crippen LogP contribution in [0.5, 0.6) is 0 Å². The van der Waals surface area contributed by atoms with Crippen LogP contribution >= 0.6 is 12.4 Å². The van der Waals surface area contributed by atoms with Crippen molar-refractivity contribution in [3.8, 4) is 11.1 Å². The minimum Gasteiger partial charge on any atom is -0.478 e. The second kappa shape index (κ2) is 10.8. The van der Waals surface area contributed by atoms with Gasteiger partial charge >= 0.3 is 5.97 Å². The summed E-state index contributed by atoms with van der Waals surface area (Å²) in [5.74, 6) is -0.908. The van der Waals surface area contributed by atoms with Crippen LogP contribution in [0.3, 0.4) is 0 Å². The van der Waals surface area contributed by atoms with Crippen LogP contribution in [0.15, 0.2) is 72.8 Å². The molecular formula is C24H26ClNO3. The van der Waals surface area contributed by atoms with Crippen LogP contribution in [-0.4, -0.2) is 29.3 Å². The highest BCUT2D eigenvalue weighted by Crippen LogP contribution is 2.25. The molecule has 1 atom stereocenters. The molecule has 4 nitrogen and oxygen atoms in total. The van der Waals surface area contributed by atoms with Crippen molar-refractivity contribution in [1.82, 2.24) is 5.32 Å². The average Bonchev–Trinajstić information content (AvgIpc) is 2.72. The number of hydrogen-bond donors (Lipinski definition) is 3. The maximum atomic E-state index is 11.1. The molecule has 0 aromatic heterocycles. The third-order valence-electron chi connectivity index (χ3n) is 4.85. The van der Waals surface area contributed by atoms with E-state index in [0.29, 0.717) is 12.1 Å². The molecule has 0 aliphatic heterocycles. The van der Waals surface area contributed by atoms with Crippen LogP contribution in [0.4, 0.5) is 0 Å². The fourth-order valence-corrected chi connectivity index (χ4v) is 3.24. The van der Waals surface area contributed by atoms with E-state index in [-0.39, 0.29) is 12.4 Å². The molecule has 0 unspecified atom stereocenters. The topological polar surface area (TPSA) is 69.6 Å². The number of aliphatic hydroxyl groups excluding tert-OH is 1. The number of aromatic carboxylic acids is 1. The van der Waals surface area contributed by atoms with Crippen LogP contribution in [0.25, 0.3) is 11.1 Å². The van der Waals surface area contributed by atoms with Crippen molar-refractivity contribution >= 4 is 18.4 Å². The van der Waals surface area contributed by atoms with Crippen molar-refractivity contribution in [3.05, 3.63) is 95.1 Å². The standard InChI is InChI=1S/C24H25NO3.ClH/c1-17-15-21(24(27)28)11-12-22(17)19-9-7-18(8-10-19)13-14-25-16-23(26)20-5-3-2-4-6-20;/h2-12,15,23,25-26H,13-14,16H2,1H3,(H,27,28);1H/t23-;/m0./s1. The van der Waals surface area contributed by atoms with Crippen LogP contribution in [0.1, 0.15) is 33.2 Å². The fourth-order valence-electron chi connectivity index (χ4n) is 3.24. The largest absolute Gasteiger partial charge is 0.478 e. The van der Waals surface area contributed by atoms with E-state index in [1.54, 1.807) is 12.1 Å². The van der Waals surface area contributed by atoms with Crippen molar-refractivity contribution in [2.24, 2.45) is 0 Å². The highest BCUT2D eigenvalue weighted by molar-refractivity contribution is 5.89. The van der Waals surface area contributed by atoms with Crippen LogP contribution in [0, 0.1) is 6.92 Å². The van der Waals surface area contributed by atoms with Gasteiger partial charge in [-0.15, -0.1) is 12.4 Å². The molecule has 5 heteroatoms. The molecule has 0 heterocycles. The summed E-state index contributed by atoms with van der Waals surface area (Å²) >= 11 is 0. The van der Waals surface area contributed by atoms with Gasteiger partial charge in [-0.2, -0.15) is 0 Å². The second-order valence-corrected chi connectivity index (χ2v) is 6.91. The summed E-state index contributed by atoms with van der Waals surface area (Å²) in [5.41, 5.74) is 5.51. The van der Waals surface area contributed by atoms with Gasteiger partial charge in [-0.05, 0) is 59.8 Å². The number of carboxylic acid groups (broad SMARTS) is 1. The summed E-state index contributed by atoms with van der Waals surface area (Å²) < 4.78 is 0. The third kappa shape index (κ3) is 6.16. The van der Waals surface area contributed by atoms with E-state index in [0.717, 1.165) is 35.2 Å². The molecule has 3 aromatic carbocycles. The first-order valence-corrected chi connectivity index (χ1v) is 9.41. The Bertz CT molecular complexity index is 927. The summed E-state index contributed by atoms with van der Waals surface area (Å²) in [6.07, 6.45) is 0.374. The Morgan fingerprint density at radius 3 is 2.31 bits per heavy atom. The molecule has 0 amide bonds. The van der Waals surface area contributed by atoms with Gasteiger partial charge in [0.25, 0.3) is 0 Å². The first-order chi connectivity index (χ1) is 13.5. The molecule has 152 valence electrons. The van der Waals surface area contributed by atoms with Crippen molar-refractivity contribution < 1.29 is 15.0 Å². The van der Waals surface area contributed by atoms with Gasteiger partial charge in [0.2, 0.25) is 0 Å². The molecule has 3 N–H and O–H groups in total. The number of aliphatic hydroxyl groups is 1. The average molecular weight is 412 g/mol. The number of benzene rings is 3. The van der Waals surface area contributed by atoms with E-state index in [9.17, 15) is 9.90 Å². The number of rotatable bonds is 8. The van der Waals surface area contributed by atoms with Gasteiger partial charge in [0.15, 0.2) is 0 Å². The zero-order valence-electron chi connectivity index (χ0n) is 16.3. The summed E-state index contributed by atoms with van der Waals surface area (Å²) in [4.78, 5) is 11.1. The molecule has 3 rings (SSSR count). The van der Waals surface area contributed by atoms with Gasteiger partial charge in [0.05, 0.1) is 11.7 Å². The molecule has 0 aliphatic carbocycles. The van der Waals surface area contributed by atoms with Crippen LogP contribution in [-0.2, 0) is 6.42 Å². The Morgan fingerprint density at radius 1 is 1.00 bits per heavy atom. The molecule has 29 heavy (non-hydrogen) atoms. The van der Waals surface area contributed by atoms with Crippen molar-refractivity contribution in [2.75, 3.05) is 13.1 Å². The Morgan fingerprint density at radius 2 is 1.69 bits per heavy atom. The van der Waals surface area contributed by atoms with Crippen LogP contribution in [0.2, 0.25) is 0 Å². The smallest absolute Gasteiger partial charge is 0.335 e. The van der Waals surface area contributed by atoms with Gasteiger partial charge < -0.3 is 15.5 Å². The molecule has 0 saturated heterocycles. The molecule has 0 fully saturated rings. The van der Waals surface area contributed by atoms with E-state index in [1.165, 1.54) is 5.56 Å². The lowest BCUT2D eigenvalue weighted by Crippen LogP contribution is -2.23. The Kier molecular flexibility index (Phi) is 8.40. The number of nitrogens with one attached hydrogen (secondary N) is 1. The number of aryl methyl sites for hydroxylation is 1. The van der Waals surface area contributed by atoms with Crippen LogP contribution < -0.4 is 5.32 Å². The van der Waals surface area contributed by atoms with E-state index in [1.807, 2.05) is 43.3 Å². The molecule has 0 spiro atoms. The van der Waals surface area contributed by atoms with Gasteiger partial charge in [-0.25, -0.2) is 4.79 Å².